The van der Waals surface area contributed by atoms with Crippen molar-refractivity contribution >= 4 is 0 Å². The van der Waals surface area contributed by atoms with E-state index >= 15 is 0 Å². The molecule has 0 bridgehead atoms. The molecule has 0 radical (unpaired) electrons. The molecule has 0 aliphatic rings. The molecule has 1 aromatic carbocycles. The second kappa shape index (κ2) is 8.24. The summed E-state index contributed by atoms with van der Waals surface area (Å²) < 4.78 is 10.4. The molecule has 90 valence electrons. The molecule has 2 N–H and O–H groups in total. The topological polar surface area (TPSA) is 58.9 Å². The maximum atomic E-state index is 8.55. The minimum Gasteiger partial charge on any atom is -0.394 e. The van der Waals surface area contributed by atoms with Gasteiger partial charge in [-0.25, -0.2) is 0 Å². The third kappa shape index (κ3) is 5.23. The average Bonchev–Trinajstić information content (AvgIpc) is 2.32. The lowest BCUT2D eigenvalue weighted by Crippen LogP contribution is -2.00. The molecule has 0 saturated carbocycles. The van der Waals surface area contributed by atoms with E-state index in [1.807, 2.05) is 24.3 Å². The fraction of sp³-hybridized carbons (Fsp3) is 0.500. The van der Waals surface area contributed by atoms with E-state index in [2.05, 4.69) is 0 Å². The normalized spacial score (nSPS) is 10.6. The maximum absolute atomic E-state index is 8.55. The van der Waals surface area contributed by atoms with Crippen LogP contribution in [0.3, 0.4) is 0 Å². The van der Waals surface area contributed by atoms with E-state index in [1.165, 1.54) is 0 Å². The third-order valence-corrected chi connectivity index (χ3v) is 2.03. The molecule has 4 heteroatoms. The fourth-order valence-electron chi connectivity index (χ4n) is 1.24. The van der Waals surface area contributed by atoms with Crippen LogP contribution < -0.4 is 0 Å². The number of rotatable bonds is 8. The van der Waals surface area contributed by atoms with E-state index in [1.54, 1.807) is 0 Å². The highest BCUT2D eigenvalue weighted by Crippen LogP contribution is 2.06. The molecule has 0 unspecified atom stereocenters. The minimum absolute atomic E-state index is 0.0487. The fourth-order valence-corrected chi connectivity index (χ4v) is 1.24. The van der Waals surface area contributed by atoms with Crippen molar-refractivity contribution in [1.29, 1.82) is 0 Å². The van der Waals surface area contributed by atoms with E-state index in [9.17, 15) is 0 Å². The standard InChI is InChI=1S/C12H18O4/c13-5-7-15-9-11-1-2-12(4-3-11)10-16-8-6-14/h1-4,13-14H,5-10H2. The van der Waals surface area contributed by atoms with Crippen LogP contribution in [0, 0.1) is 0 Å². The van der Waals surface area contributed by atoms with Crippen LogP contribution in [0.25, 0.3) is 0 Å². The van der Waals surface area contributed by atoms with Crippen LogP contribution in [-0.2, 0) is 22.7 Å². The van der Waals surface area contributed by atoms with Crippen molar-refractivity contribution in [2.45, 2.75) is 13.2 Å². The molecule has 0 saturated heterocycles. The van der Waals surface area contributed by atoms with Crippen molar-refractivity contribution in [3.63, 3.8) is 0 Å². The zero-order chi connectivity index (χ0) is 11.6. The average molecular weight is 226 g/mol. The Bertz CT molecular complexity index is 242. The van der Waals surface area contributed by atoms with Crippen molar-refractivity contribution < 1.29 is 19.7 Å². The number of aliphatic hydroxyl groups excluding tert-OH is 2. The van der Waals surface area contributed by atoms with Gasteiger partial charge in [0.2, 0.25) is 0 Å². The summed E-state index contributed by atoms with van der Waals surface area (Å²) in [6.45, 7) is 1.85. The number of ether oxygens (including phenoxy) is 2. The quantitative estimate of drug-likeness (QED) is 0.641. The van der Waals surface area contributed by atoms with E-state index in [0.29, 0.717) is 26.4 Å². The summed E-state index contributed by atoms with van der Waals surface area (Å²) >= 11 is 0. The van der Waals surface area contributed by atoms with Gasteiger partial charge in [-0.3, -0.25) is 0 Å². The number of benzene rings is 1. The van der Waals surface area contributed by atoms with Gasteiger partial charge in [0.25, 0.3) is 0 Å². The van der Waals surface area contributed by atoms with Crippen LogP contribution >= 0.6 is 0 Å². The third-order valence-electron chi connectivity index (χ3n) is 2.03. The van der Waals surface area contributed by atoms with Gasteiger partial charge in [-0.2, -0.15) is 0 Å². The Morgan fingerprint density at radius 2 is 1.12 bits per heavy atom. The SMILES string of the molecule is OCCOCc1ccc(COCCO)cc1. The largest absolute Gasteiger partial charge is 0.394 e. The summed E-state index contributed by atoms with van der Waals surface area (Å²) in [7, 11) is 0. The zero-order valence-electron chi connectivity index (χ0n) is 9.26. The van der Waals surface area contributed by atoms with Crippen LogP contribution in [0.5, 0.6) is 0 Å². The van der Waals surface area contributed by atoms with Crippen molar-refractivity contribution in [3.05, 3.63) is 35.4 Å². The molecule has 16 heavy (non-hydrogen) atoms. The van der Waals surface area contributed by atoms with Crippen molar-refractivity contribution in [1.82, 2.24) is 0 Å². The Labute approximate surface area is 95.4 Å². The van der Waals surface area contributed by atoms with Crippen LogP contribution in [0.15, 0.2) is 24.3 Å². The highest BCUT2D eigenvalue weighted by molar-refractivity contribution is 5.21. The molecule has 1 rings (SSSR count). The summed E-state index contributed by atoms with van der Waals surface area (Å²) in [4.78, 5) is 0. The molecule has 0 atom stereocenters. The van der Waals surface area contributed by atoms with E-state index < -0.39 is 0 Å². The van der Waals surface area contributed by atoms with Gasteiger partial charge >= 0.3 is 0 Å². The van der Waals surface area contributed by atoms with Crippen molar-refractivity contribution in [2.24, 2.45) is 0 Å². The Hall–Kier alpha value is -0.940. The smallest absolute Gasteiger partial charge is 0.0718 e. The Kier molecular flexibility index (Phi) is 6.76. The second-order valence-corrected chi connectivity index (χ2v) is 3.37. The minimum atomic E-state index is 0.0487. The molecule has 4 nitrogen and oxygen atoms in total. The molecule has 0 spiro atoms. The summed E-state index contributed by atoms with van der Waals surface area (Å²) in [5, 5.41) is 17.1. The summed E-state index contributed by atoms with van der Waals surface area (Å²) in [5.41, 5.74) is 2.14. The Balaban J connectivity index is 2.30. The number of hydrogen-bond acceptors (Lipinski definition) is 4. The molecule has 0 aliphatic carbocycles. The molecule has 0 aromatic heterocycles. The van der Waals surface area contributed by atoms with Crippen LogP contribution in [0.1, 0.15) is 11.1 Å². The van der Waals surface area contributed by atoms with E-state index in [4.69, 9.17) is 19.7 Å². The molecule has 0 aliphatic heterocycles. The van der Waals surface area contributed by atoms with Gasteiger partial charge in [-0.15, -0.1) is 0 Å². The van der Waals surface area contributed by atoms with E-state index in [0.717, 1.165) is 11.1 Å². The maximum Gasteiger partial charge on any atom is 0.0718 e. The van der Waals surface area contributed by atoms with Gasteiger partial charge in [0.15, 0.2) is 0 Å². The monoisotopic (exact) mass is 226 g/mol. The summed E-state index contributed by atoms with van der Waals surface area (Å²) in [6, 6.07) is 7.87. The van der Waals surface area contributed by atoms with Crippen molar-refractivity contribution in [3.8, 4) is 0 Å². The molecule has 0 fully saturated rings. The van der Waals surface area contributed by atoms with Gasteiger partial charge in [0.05, 0.1) is 39.6 Å². The van der Waals surface area contributed by atoms with Gasteiger partial charge in [0.1, 0.15) is 0 Å². The highest BCUT2D eigenvalue weighted by atomic mass is 16.5. The van der Waals surface area contributed by atoms with Crippen LogP contribution in [0.4, 0.5) is 0 Å². The summed E-state index contributed by atoms with van der Waals surface area (Å²) in [6.07, 6.45) is 0. The predicted octanol–water partition coefficient (Wildman–Crippen LogP) is 0.704. The molecule has 0 amide bonds. The molecule has 0 heterocycles. The zero-order valence-corrected chi connectivity index (χ0v) is 9.26. The first-order valence-corrected chi connectivity index (χ1v) is 5.32. The van der Waals surface area contributed by atoms with Gasteiger partial charge in [-0.05, 0) is 11.1 Å². The predicted molar refractivity (Wildman–Crippen MR) is 59.9 cm³/mol. The Morgan fingerprint density at radius 1 is 0.750 bits per heavy atom. The number of aliphatic hydroxyl groups is 2. The first-order valence-electron chi connectivity index (χ1n) is 5.32. The second-order valence-electron chi connectivity index (χ2n) is 3.37. The Morgan fingerprint density at radius 3 is 1.44 bits per heavy atom. The first-order chi connectivity index (χ1) is 7.86. The van der Waals surface area contributed by atoms with Gasteiger partial charge < -0.3 is 19.7 Å². The van der Waals surface area contributed by atoms with E-state index in [-0.39, 0.29) is 13.2 Å². The lowest BCUT2D eigenvalue weighted by Gasteiger charge is -2.05. The van der Waals surface area contributed by atoms with Gasteiger partial charge in [-0.1, -0.05) is 24.3 Å². The van der Waals surface area contributed by atoms with Crippen molar-refractivity contribution in [2.75, 3.05) is 26.4 Å². The molecular formula is C12H18O4. The molecular weight excluding hydrogens is 208 g/mol. The van der Waals surface area contributed by atoms with Gasteiger partial charge in [0, 0.05) is 0 Å². The lowest BCUT2D eigenvalue weighted by molar-refractivity contribution is 0.0801. The van der Waals surface area contributed by atoms with Crippen LogP contribution in [0.2, 0.25) is 0 Å². The highest BCUT2D eigenvalue weighted by Gasteiger charge is 1.95. The summed E-state index contributed by atoms with van der Waals surface area (Å²) in [5.74, 6) is 0. The first kappa shape index (κ1) is 13.1. The lowest BCUT2D eigenvalue weighted by atomic mass is 10.1. The molecule has 1 aromatic rings. The number of hydrogen-bond donors (Lipinski definition) is 2. The van der Waals surface area contributed by atoms with Crippen LogP contribution in [-0.4, -0.2) is 36.6 Å².